The van der Waals surface area contributed by atoms with Gasteiger partial charge in [-0.25, -0.2) is 0 Å². The summed E-state index contributed by atoms with van der Waals surface area (Å²) < 4.78 is 5.07. The smallest absolute Gasteiger partial charge is 0.311 e. The second kappa shape index (κ2) is 5.46. The predicted octanol–water partition coefficient (Wildman–Crippen LogP) is -0.179. The molecule has 2 atom stereocenters. The first-order valence-electron chi connectivity index (χ1n) is 6.22. The van der Waals surface area contributed by atoms with E-state index >= 15 is 0 Å². The average molecular weight is 280 g/mol. The largest absolute Gasteiger partial charge is 0.481 e. The summed E-state index contributed by atoms with van der Waals surface area (Å²) in [5.41, 5.74) is 0.739. The molecule has 1 aromatic rings. The molecule has 2 rings (SSSR count). The maximum Gasteiger partial charge on any atom is 0.311 e. The number of pyridine rings is 1. The number of H-pyrrole nitrogens is 1. The molecule has 7 nitrogen and oxygen atoms in total. The third kappa shape index (κ3) is 2.72. The number of carbonyl (C=O) groups is 2. The summed E-state index contributed by atoms with van der Waals surface area (Å²) >= 11 is 0. The Bertz CT molecular complexity index is 607. The molecule has 1 aromatic heterocycles. The van der Waals surface area contributed by atoms with Crippen molar-refractivity contribution in [1.82, 2.24) is 10.3 Å². The molecule has 1 saturated heterocycles. The zero-order chi connectivity index (χ0) is 14.9. The lowest BCUT2D eigenvalue weighted by Gasteiger charge is -2.16. The van der Waals surface area contributed by atoms with Gasteiger partial charge in [-0.1, -0.05) is 0 Å². The van der Waals surface area contributed by atoms with Crippen LogP contribution in [-0.2, 0) is 9.53 Å². The molecule has 0 spiro atoms. The average Bonchev–Trinajstić information content (AvgIpc) is 2.75. The van der Waals surface area contributed by atoms with Crippen molar-refractivity contribution >= 4 is 11.9 Å². The quantitative estimate of drug-likeness (QED) is 0.711. The Balaban J connectivity index is 2.21. The second-order valence-electron chi connectivity index (χ2n) is 4.90. The van der Waals surface area contributed by atoms with Crippen molar-refractivity contribution in [1.29, 1.82) is 0 Å². The van der Waals surface area contributed by atoms with E-state index in [1.807, 2.05) is 0 Å². The van der Waals surface area contributed by atoms with E-state index in [-0.39, 0.29) is 18.8 Å². The van der Waals surface area contributed by atoms with E-state index in [4.69, 9.17) is 9.84 Å². The minimum atomic E-state index is -1.03. The topological polar surface area (TPSA) is 108 Å². The predicted molar refractivity (Wildman–Crippen MR) is 69.7 cm³/mol. The lowest BCUT2D eigenvalue weighted by Crippen LogP contribution is -2.44. The molecule has 1 aliphatic rings. The number of carboxylic acid groups (broad SMARTS) is 1. The number of amides is 1. The lowest BCUT2D eigenvalue weighted by molar-refractivity contribution is -0.142. The van der Waals surface area contributed by atoms with Crippen LogP contribution < -0.4 is 10.9 Å². The maximum atomic E-state index is 12.1. The van der Waals surface area contributed by atoms with E-state index in [9.17, 15) is 14.4 Å². The van der Waals surface area contributed by atoms with E-state index in [1.54, 1.807) is 19.9 Å². The molecule has 2 heterocycles. The Morgan fingerprint density at radius 2 is 2.10 bits per heavy atom. The molecule has 2 unspecified atom stereocenters. The van der Waals surface area contributed by atoms with Crippen LogP contribution in [0.3, 0.4) is 0 Å². The second-order valence-corrected chi connectivity index (χ2v) is 4.90. The van der Waals surface area contributed by atoms with Gasteiger partial charge in [0, 0.05) is 5.69 Å². The van der Waals surface area contributed by atoms with Gasteiger partial charge >= 0.3 is 5.97 Å². The highest BCUT2D eigenvalue weighted by Gasteiger charge is 2.35. The number of hydrogen-bond acceptors (Lipinski definition) is 4. The zero-order valence-corrected chi connectivity index (χ0v) is 11.2. The fourth-order valence-corrected chi connectivity index (χ4v) is 2.32. The molecule has 0 aliphatic carbocycles. The SMILES string of the molecule is Cc1cc(C)c(C(=O)NC2COCC2C(=O)O)c(=O)[nH]1. The van der Waals surface area contributed by atoms with Crippen LogP contribution in [-0.4, -0.2) is 41.2 Å². The molecule has 20 heavy (non-hydrogen) atoms. The summed E-state index contributed by atoms with van der Waals surface area (Å²) in [6, 6.07) is 1.07. The summed E-state index contributed by atoms with van der Waals surface area (Å²) in [5.74, 6) is -2.39. The van der Waals surface area contributed by atoms with Crippen LogP contribution in [0.1, 0.15) is 21.6 Å². The molecule has 0 radical (unpaired) electrons. The first-order chi connectivity index (χ1) is 9.40. The summed E-state index contributed by atoms with van der Waals surface area (Å²) in [6.45, 7) is 3.58. The third-order valence-electron chi connectivity index (χ3n) is 3.31. The Morgan fingerprint density at radius 1 is 1.40 bits per heavy atom. The number of nitrogens with one attached hydrogen (secondary N) is 2. The van der Waals surface area contributed by atoms with Crippen molar-refractivity contribution in [2.24, 2.45) is 5.92 Å². The molecule has 1 fully saturated rings. The van der Waals surface area contributed by atoms with Gasteiger partial charge in [-0.3, -0.25) is 14.4 Å². The monoisotopic (exact) mass is 280 g/mol. The Labute approximate surface area is 115 Å². The van der Waals surface area contributed by atoms with Crippen molar-refractivity contribution in [3.8, 4) is 0 Å². The molecule has 1 aliphatic heterocycles. The van der Waals surface area contributed by atoms with Gasteiger partial charge in [-0.05, 0) is 25.5 Å². The van der Waals surface area contributed by atoms with Crippen molar-refractivity contribution in [2.45, 2.75) is 19.9 Å². The van der Waals surface area contributed by atoms with E-state index in [0.717, 1.165) is 0 Å². The lowest BCUT2D eigenvalue weighted by atomic mass is 10.0. The normalized spacial score (nSPS) is 21.7. The van der Waals surface area contributed by atoms with Gasteiger partial charge in [0.25, 0.3) is 11.5 Å². The van der Waals surface area contributed by atoms with Gasteiger partial charge in [0.05, 0.1) is 19.3 Å². The molecular formula is C13H16N2O5. The zero-order valence-electron chi connectivity index (χ0n) is 11.2. The number of carboxylic acids is 1. The first-order valence-corrected chi connectivity index (χ1v) is 6.22. The molecule has 0 bridgehead atoms. The number of ether oxygens (including phenoxy) is 1. The fourth-order valence-electron chi connectivity index (χ4n) is 2.32. The van der Waals surface area contributed by atoms with Gasteiger partial charge in [-0.15, -0.1) is 0 Å². The Hall–Kier alpha value is -2.15. The molecule has 1 amide bonds. The van der Waals surface area contributed by atoms with Crippen LogP contribution in [0, 0.1) is 19.8 Å². The summed E-state index contributed by atoms with van der Waals surface area (Å²) in [4.78, 5) is 37.5. The molecule has 108 valence electrons. The van der Waals surface area contributed by atoms with Gasteiger partial charge in [0.1, 0.15) is 11.5 Å². The number of rotatable bonds is 3. The van der Waals surface area contributed by atoms with E-state index < -0.39 is 29.4 Å². The van der Waals surface area contributed by atoms with E-state index in [1.165, 1.54) is 0 Å². The minimum Gasteiger partial charge on any atom is -0.481 e. The number of aliphatic carboxylic acids is 1. The summed E-state index contributed by atoms with van der Waals surface area (Å²) in [7, 11) is 0. The number of carbonyl (C=O) groups excluding carboxylic acids is 1. The number of aromatic amines is 1. The highest BCUT2D eigenvalue weighted by atomic mass is 16.5. The van der Waals surface area contributed by atoms with Crippen molar-refractivity contribution in [2.75, 3.05) is 13.2 Å². The van der Waals surface area contributed by atoms with Crippen molar-refractivity contribution < 1.29 is 19.4 Å². The van der Waals surface area contributed by atoms with Crippen LogP contribution in [0.4, 0.5) is 0 Å². The highest BCUT2D eigenvalue weighted by Crippen LogP contribution is 2.14. The number of aromatic nitrogens is 1. The molecular weight excluding hydrogens is 264 g/mol. The Kier molecular flexibility index (Phi) is 3.89. The van der Waals surface area contributed by atoms with Gasteiger partial charge in [-0.2, -0.15) is 0 Å². The summed E-state index contributed by atoms with van der Waals surface area (Å²) in [5, 5.41) is 11.6. The molecule has 7 heteroatoms. The van der Waals surface area contributed by atoms with Crippen molar-refractivity contribution in [3.05, 3.63) is 33.2 Å². The van der Waals surface area contributed by atoms with Gasteiger partial charge in [0.15, 0.2) is 0 Å². The standard InChI is InChI=1S/C13H16N2O5/c1-6-3-7(2)14-11(16)10(6)12(17)15-9-5-20-4-8(9)13(18)19/h3,8-9H,4-5H2,1-2H3,(H,14,16)(H,15,17)(H,18,19). The molecule has 0 aromatic carbocycles. The number of hydrogen-bond donors (Lipinski definition) is 3. The summed E-state index contributed by atoms with van der Waals surface area (Å²) in [6.07, 6.45) is 0. The maximum absolute atomic E-state index is 12.1. The van der Waals surface area contributed by atoms with Crippen molar-refractivity contribution in [3.63, 3.8) is 0 Å². The molecule has 0 saturated carbocycles. The molecule has 3 N–H and O–H groups in total. The minimum absolute atomic E-state index is 0.00615. The fraction of sp³-hybridized carbons (Fsp3) is 0.462. The van der Waals surface area contributed by atoms with Crippen LogP contribution in [0.5, 0.6) is 0 Å². The van der Waals surface area contributed by atoms with Crippen LogP contribution in [0.15, 0.2) is 10.9 Å². The van der Waals surface area contributed by atoms with Crippen LogP contribution >= 0.6 is 0 Å². The Morgan fingerprint density at radius 3 is 2.70 bits per heavy atom. The highest BCUT2D eigenvalue weighted by molar-refractivity contribution is 5.95. The van der Waals surface area contributed by atoms with Gasteiger partial charge in [0.2, 0.25) is 0 Å². The van der Waals surface area contributed by atoms with E-state index in [2.05, 4.69) is 10.3 Å². The van der Waals surface area contributed by atoms with Gasteiger partial charge < -0.3 is 20.1 Å². The van der Waals surface area contributed by atoms with Crippen LogP contribution in [0.25, 0.3) is 0 Å². The van der Waals surface area contributed by atoms with Crippen LogP contribution in [0.2, 0.25) is 0 Å². The number of aryl methyl sites for hydroxylation is 2. The van der Waals surface area contributed by atoms with E-state index in [0.29, 0.717) is 11.3 Å². The first kappa shape index (κ1) is 14.3. The third-order valence-corrected chi connectivity index (χ3v) is 3.31.